The number of hydrogen-bond donors (Lipinski definition) is 1. The highest BCUT2D eigenvalue weighted by molar-refractivity contribution is 6.29. The molecular weight excluding hydrogens is 384 g/mol. The Labute approximate surface area is 172 Å². The summed E-state index contributed by atoms with van der Waals surface area (Å²) in [4.78, 5) is 23.7. The molecule has 1 N–H and O–H groups in total. The highest BCUT2D eigenvalue weighted by Gasteiger charge is 2.16. The Morgan fingerprint density at radius 3 is 2.47 bits per heavy atom. The topological polar surface area (TPSA) is 90.7 Å². The number of nitrogens with one attached hydrogen (secondary N) is 1. The zero-order valence-electron chi connectivity index (χ0n) is 15.9. The van der Waals surface area contributed by atoms with E-state index >= 15 is 0 Å². The molecule has 1 heterocycles. The monoisotopic (exact) mass is 402 g/mol. The lowest BCUT2D eigenvalue weighted by Gasteiger charge is -2.19. The smallest absolute Gasteiger partial charge is 0.270 e. The SMILES string of the molecule is O=C(Nc1ccc2c(c1)OCCO2)C(=Cc1cccc([N+](=O)[O-])c1)c1ccccc1. The van der Waals surface area contributed by atoms with Gasteiger partial charge in [-0.05, 0) is 29.3 Å². The number of nitrogens with zero attached hydrogens (tertiary/aromatic N) is 1. The molecule has 1 amide bonds. The van der Waals surface area contributed by atoms with E-state index in [1.807, 2.05) is 30.3 Å². The van der Waals surface area contributed by atoms with Gasteiger partial charge in [0.25, 0.3) is 11.6 Å². The van der Waals surface area contributed by atoms with Crippen molar-refractivity contribution < 1.29 is 19.2 Å². The molecule has 7 heteroatoms. The van der Waals surface area contributed by atoms with E-state index in [2.05, 4.69) is 5.32 Å². The summed E-state index contributed by atoms with van der Waals surface area (Å²) in [5.41, 5.74) is 2.15. The van der Waals surface area contributed by atoms with Crippen LogP contribution in [0, 0.1) is 10.1 Å². The zero-order valence-corrected chi connectivity index (χ0v) is 15.9. The van der Waals surface area contributed by atoms with Gasteiger partial charge in [-0.2, -0.15) is 0 Å². The van der Waals surface area contributed by atoms with Gasteiger partial charge in [0.05, 0.1) is 4.92 Å². The van der Waals surface area contributed by atoms with Crippen molar-refractivity contribution in [3.63, 3.8) is 0 Å². The van der Waals surface area contributed by atoms with E-state index in [1.165, 1.54) is 12.1 Å². The van der Waals surface area contributed by atoms with Gasteiger partial charge >= 0.3 is 0 Å². The number of rotatable bonds is 5. The molecule has 0 radical (unpaired) electrons. The summed E-state index contributed by atoms with van der Waals surface area (Å²) in [5, 5.41) is 14.0. The number of carbonyl (C=O) groups excluding carboxylic acids is 1. The normalized spacial score (nSPS) is 12.9. The summed E-state index contributed by atoms with van der Waals surface area (Å²) in [7, 11) is 0. The molecule has 30 heavy (non-hydrogen) atoms. The lowest BCUT2D eigenvalue weighted by atomic mass is 10.0. The molecule has 4 rings (SSSR count). The molecule has 0 fully saturated rings. The molecule has 0 aromatic heterocycles. The molecule has 3 aromatic rings. The van der Waals surface area contributed by atoms with Crippen LogP contribution in [-0.2, 0) is 4.79 Å². The van der Waals surface area contributed by atoms with Crippen molar-refractivity contribution >= 4 is 28.9 Å². The van der Waals surface area contributed by atoms with Gasteiger partial charge in [0.2, 0.25) is 0 Å². The van der Waals surface area contributed by atoms with Crippen LogP contribution >= 0.6 is 0 Å². The first-order valence-corrected chi connectivity index (χ1v) is 9.33. The molecular formula is C23H18N2O5. The molecule has 0 saturated heterocycles. The van der Waals surface area contributed by atoms with Crippen molar-refractivity contribution in [2.45, 2.75) is 0 Å². The van der Waals surface area contributed by atoms with Crippen molar-refractivity contribution in [2.75, 3.05) is 18.5 Å². The Kier molecular flexibility index (Phi) is 5.43. The van der Waals surface area contributed by atoms with Gasteiger partial charge in [0.1, 0.15) is 13.2 Å². The Bertz CT molecular complexity index is 1130. The maximum absolute atomic E-state index is 13.1. The number of fused-ring (bicyclic) bond motifs is 1. The average molecular weight is 402 g/mol. The summed E-state index contributed by atoms with van der Waals surface area (Å²) >= 11 is 0. The number of benzene rings is 3. The first-order valence-electron chi connectivity index (χ1n) is 9.33. The van der Waals surface area contributed by atoms with E-state index in [9.17, 15) is 14.9 Å². The second kappa shape index (κ2) is 8.48. The fourth-order valence-electron chi connectivity index (χ4n) is 3.11. The average Bonchev–Trinajstić information content (AvgIpc) is 2.78. The summed E-state index contributed by atoms with van der Waals surface area (Å²) in [5.74, 6) is 0.863. The standard InChI is InChI=1S/C23H18N2O5/c26-23(24-18-9-10-21-22(15-18)30-12-11-29-21)20(17-6-2-1-3-7-17)14-16-5-4-8-19(13-16)25(27)28/h1-10,13-15H,11-12H2,(H,24,26). The third-order valence-electron chi connectivity index (χ3n) is 4.52. The van der Waals surface area contributed by atoms with Crippen LogP contribution in [0.1, 0.15) is 11.1 Å². The fourth-order valence-corrected chi connectivity index (χ4v) is 3.11. The van der Waals surface area contributed by atoms with Crippen LogP contribution in [0.3, 0.4) is 0 Å². The Hall–Kier alpha value is -4.13. The molecule has 1 aliphatic heterocycles. The minimum atomic E-state index is -0.464. The van der Waals surface area contributed by atoms with Gasteiger partial charge in [0.15, 0.2) is 11.5 Å². The molecule has 1 aliphatic rings. The molecule has 3 aromatic carbocycles. The minimum Gasteiger partial charge on any atom is -0.486 e. The summed E-state index contributed by atoms with van der Waals surface area (Å²) in [6.45, 7) is 0.940. The third kappa shape index (κ3) is 4.30. The highest BCUT2D eigenvalue weighted by atomic mass is 16.6. The van der Waals surface area contributed by atoms with Crippen LogP contribution < -0.4 is 14.8 Å². The number of nitro groups is 1. The van der Waals surface area contributed by atoms with Gasteiger partial charge in [0, 0.05) is 29.5 Å². The van der Waals surface area contributed by atoms with E-state index in [-0.39, 0.29) is 11.6 Å². The zero-order chi connectivity index (χ0) is 20.9. The second-order valence-electron chi connectivity index (χ2n) is 6.59. The molecule has 0 atom stereocenters. The number of hydrogen-bond acceptors (Lipinski definition) is 5. The van der Waals surface area contributed by atoms with Crippen LogP contribution in [0.25, 0.3) is 11.6 Å². The summed E-state index contributed by atoms with van der Waals surface area (Å²) in [6.07, 6.45) is 1.63. The fraction of sp³-hybridized carbons (Fsp3) is 0.0870. The molecule has 0 spiro atoms. The van der Waals surface area contributed by atoms with Gasteiger partial charge in [-0.25, -0.2) is 0 Å². The summed E-state index contributed by atoms with van der Waals surface area (Å²) < 4.78 is 11.1. The maximum Gasteiger partial charge on any atom is 0.270 e. The van der Waals surface area contributed by atoms with Crippen LogP contribution in [0.15, 0.2) is 72.8 Å². The van der Waals surface area contributed by atoms with Crippen LogP contribution in [0.2, 0.25) is 0 Å². The van der Waals surface area contributed by atoms with Crippen LogP contribution in [-0.4, -0.2) is 24.0 Å². The highest BCUT2D eigenvalue weighted by Crippen LogP contribution is 2.33. The predicted octanol–water partition coefficient (Wildman–Crippen LogP) is 4.55. The van der Waals surface area contributed by atoms with Gasteiger partial charge in [-0.1, -0.05) is 42.5 Å². The van der Waals surface area contributed by atoms with E-state index in [4.69, 9.17) is 9.47 Å². The number of carbonyl (C=O) groups is 1. The van der Waals surface area contributed by atoms with Crippen molar-refractivity contribution in [3.05, 3.63) is 94.0 Å². The number of ether oxygens (including phenoxy) is 2. The van der Waals surface area contributed by atoms with Crippen molar-refractivity contribution in [1.82, 2.24) is 0 Å². The predicted molar refractivity (Wildman–Crippen MR) is 113 cm³/mol. The van der Waals surface area contributed by atoms with E-state index in [1.54, 1.807) is 36.4 Å². The third-order valence-corrected chi connectivity index (χ3v) is 4.52. The number of nitro benzene ring substituents is 1. The van der Waals surface area contributed by atoms with Crippen LogP contribution in [0.4, 0.5) is 11.4 Å². The van der Waals surface area contributed by atoms with E-state index in [0.717, 1.165) is 0 Å². The lowest BCUT2D eigenvalue weighted by molar-refractivity contribution is -0.384. The molecule has 0 unspecified atom stereocenters. The molecule has 7 nitrogen and oxygen atoms in total. The molecule has 150 valence electrons. The first-order chi connectivity index (χ1) is 14.6. The van der Waals surface area contributed by atoms with Crippen molar-refractivity contribution in [3.8, 4) is 11.5 Å². The number of non-ortho nitro benzene ring substituents is 1. The lowest BCUT2D eigenvalue weighted by Crippen LogP contribution is -2.17. The Morgan fingerprint density at radius 2 is 1.70 bits per heavy atom. The summed E-state index contributed by atoms with van der Waals surface area (Å²) in [6, 6.07) is 20.5. The minimum absolute atomic E-state index is 0.0385. The van der Waals surface area contributed by atoms with Crippen molar-refractivity contribution in [1.29, 1.82) is 0 Å². The van der Waals surface area contributed by atoms with Crippen LogP contribution in [0.5, 0.6) is 11.5 Å². The van der Waals surface area contributed by atoms with Gasteiger partial charge in [-0.3, -0.25) is 14.9 Å². The number of anilines is 1. The van der Waals surface area contributed by atoms with E-state index < -0.39 is 4.92 Å². The molecule has 0 aliphatic carbocycles. The Morgan fingerprint density at radius 1 is 0.933 bits per heavy atom. The van der Waals surface area contributed by atoms with E-state index in [0.29, 0.717) is 47.1 Å². The molecule has 0 bridgehead atoms. The second-order valence-corrected chi connectivity index (χ2v) is 6.59. The van der Waals surface area contributed by atoms with Gasteiger partial charge < -0.3 is 14.8 Å². The van der Waals surface area contributed by atoms with Crippen molar-refractivity contribution in [2.24, 2.45) is 0 Å². The molecule has 0 saturated carbocycles. The largest absolute Gasteiger partial charge is 0.486 e. The first kappa shape index (κ1) is 19.2. The quantitative estimate of drug-likeness (QED) is 0.293. The van der Waals surface area contributed by atoms with Gasteiger partial charge in [-0.15, -0.1) is 0 Å². The Balaban J connectivity index is 1.67. The maximum atomic E-state index is 13.1. The number of amides is 1.